The van der Waals surface area contributed by atoms with E-state index >= 15 is 0 Å². The zero-order valence-corrected chi connectivity index (χ0v) is 12.3. The smallest absolute Gasteiger partial charge is 0.315 e. The van der Waals surface area contributed by atoms with E-state index in [9.17, 15) is 9.90 Å². The van der Waals surface area contributed by atoms with Crippen molar-refractivity contribution in [3.05, 3.63) is 0 Å². The second kappa shape index (κ2) is 8.47. The van der Waals surface area contributed by atoms with E-state index in [-0.39, 0.29) is 12.6 Å². The van der Waals surface area contributed by atoms with E-state index in [2.05, 4.69) is 10.6 Å². The standard InChI is InChI=1S/C15H28N2O3/c18-14(11-20-10-12-7-8-12)9-16-15(19)17-13-5-3-1-2-4-6-13/h12-14,18H,1-11H2,(H2,16,17,19)/t14-/m0/s1. The highest BCUT2D eigenvalue weighted by molar-refractivity contribution is 5.74. The number of amides is 2. The average molecular weight is 284 g/mol. The van der Waals surface area contributed by atoms with Gasteiger partial charge >= 0.3 is 6.03 Å². The lowest BCUT2D eigenvalue weighted by Crippen LogP contribution is -2.45. The molecule has 2 amide bonds. The molecule has 0 aromatic carbocycles. The molecule has 3 N–H and O–H groups in total. The molecule has 5 heteroatoms. The third kappa shape index (κ3) is 6.57. The Morgan fingerprint density at radius 2 is 1.85 bits per heavy atom. The fourth-order valence-electron chi connectivity index (χ4n) is 2.58. The lowest BCUT2D eigenvalue weighted by molar-refractivity contribution is 0.0337. The number of carbonyl (C=O) groups excluding carboxylic acids is 1. The van der Waals surface area contributed by atoms with Gasteiger partial charge < -0.3 is 20.5 Å². The van der Waals surface area contributed by atoms with Crippen molar-refractivity contribution < 1.29 is 14.6 Å². The Labute approximate surface area is 121 Å². The van der Waals surface area contributed by atoms with Crippen molar-refractivity contribution in [2.75, 3.05) is 19.8 Å². The lowest BCUT2D eigenvalue weighted by atomic mass is 10.1. The first-order valence-corrected chi connectivity index (χ1v) is 8.04. The van der Waals surface area contributed by atoms with Gasteiger partial charge in [-0.1, -0.05) is 25.7 Å². The van der Waals surface area contributed by atoms with Crippen molar-refractivity contribution in [3.8, 4) is 0 Å². The van der Waals surface area contributed by atoms with Crippen molar-refractivity contribution >= 4 is 6.03 Å². The molecule has 0 aliphatic heterocycles. The van der Waals surface area contributed by atoms with Crippen LogP contribution in [0.4, 0.5) is 4.79 Å². The van der Waals surface area contributed by atoms with Crippen molar-refractivity contribution in [1.29, 1.82) is 0 Å². The normalized spacial score (nSPS) is 22.1. The molecule has 0 radical (unpaired) electrons. The number of aliphatic hydroxyl groups excluding tert-OH is 1. The fourth-order valence-corrected chi connectivity index (χ4v) is 2.58. The van der Waals surface area contributed by atoms with Gasteiger partial charge in [0.05, 0.1) is 12.7 Å². The zero-order valence-electron chi connectivity index (χ0n) is 12.3. The molecular formula is C15H28N2O3. The maximum atomic E-state index is 11.7. The molecule has 0 unspecified atom stereocenters. The van der Waals surface area contributed by atoms with Crippen LogP contribution in [-0.2, 0) is 4.74 Å². The Hall–Kier alpha value is -0.810. The van der Waals surface area contributed by atoms with Gasteiger partial charge in [0.2, 0.25) is 0 Å². The third-order valence-corrected chi connectivity index (χ3v) is 4.05. The molecule has 0 saturated heterocycles. The minimum atomic E-state index is -0.617. The van der Waals surface area contributed by atoms with Gasteiger partial charge in [0, 0.05) is 19.2 Å². The third-order valence-electron chi connectivity index (χ3n) is 4.05. The van der Waals surface area contributed by atoms with Crippen LogP contribution in [-0.4, -0.2) is 43.0 Å². The number of carbonyl (C=O) groups is 1. The molecular weight excluding hydrogens is 256 g/mol. The summed E-state index contributed by atoms with van der Waals surface area (Å²) in [5.74, 6) is 0.702. The van der Waals surface area contributed by atoms with Crippen LogP contribution in [0.5, 0.6) is 0 Å². The monoisotopic (exact) mass is 284 g/mol. The van der Waals surface area contributed by atoms with E-state index in [4.69, 9.17) is 4.74 Å². The van der Waals surface area contributed by atoms with Crippen molar-refractivity contribution in [3.63, 3.8) is 0 Å². The number of aliphatic hydroxyl groups is 1. The number of hydrogen-bond donors (Lipinski definition) is 3. The fraction of sp³-hybridized carbons (Fsp3) is 0.933. The summed E-state index contributed by atoms with van der Waals surface area (Å²) in [6.45, 7) is 1.30. The number of hydrogen-bond acceptors (Lipinski definition) is 3. The molecule has 5 nitrogen and oxygen atoms in total. The Morgan fingerprint density at radius 1 is 1.15 bits per heavy atom. The van der Waals surface area contributed by atoms with Gasteiger partial charge in [-0.25, -0.2) is 4.79 Å². The van der Waals surface area contributed by atoms with Gasteiger partial charge in [0.25, 0.3) is 0 Å². The second-order valence-corrected chi connectivity index (χ2v) is 6.18. The molecule has 20 heavy (non-hydrogen) atoms. The lowest BCUT2D eigenvalue weighted by Gasteiger charge is -2.18. The van der Waals surface area contributed by atoms with E-state index in [1.807, 2.05) is 0 Å². The summed E-state index contributed by atoms with van der Waals surface area (Å²) in [5.41, 5.74) is 0. The SMILES string of the molecule is O=C(NC[C@H](O)COCC1CC1)NC1CCCCCC1. The Kier molecular flexibility index (Phi) is 6.60. The van der Waals surface area contributed by atoms with Crippen molar-refractivity contribution in [2.24, 2.45) is 5.92 Å². The molecule has 0 aromatic rings. The van der Waals surface area contributed by atoms with E-state index in [0.29, 0.717) is 18.6 Å². The summed E-state index contributed by atoms with van der Waals surface area (Å²) in [7, 11) is 0. The first kappa shape index (κ1) is 15.6. The number of rotatable bonds is 7. The van der Waals surface area contributed by atoms with Crippen LogP contribution in [0, 0.1) is 5.92 Å². The molecule has 2 rings (SSSR count). The van der Waals surface area contributed by atoms with Crippen LogP contribution in [0.1, 0.15) is 51.4 Å². The summed E-state index contributed by atoms with van der Waals surface area (Å²) in [4.78, 5) is 11.7. The van der Waals surface area contributed by atoms with Crippen LogP contribution >= 0.6 is 0 Å². The topological polar surface area (TPSA) is 70.6 Å². The van der Waals surface area contributed by atoms with Gasteiger partial charge in [-0.15, -0.1) is 0 Å². The van der Waals surface area contributed by atoms with Crippen LogP contribution in [0.2, 0.25) is 0 Å². The number of nitrogens with one attached hydrogen (secondary N) is 2. The van der Waals surface area contributed by atoms with Gasteiger partial charge in [0.15, 0.2) is 0 Å². The van der Waals surface area contributed by atoms with Gasteiger partial charge in [-0.05, 0) is 31.6 Å². The van der Waals surface area contributed by atoms with Gasteiger partial charge in [-0.3, -0.25) is 0 Å². The first-order valence-electron chi connectivity index (χ1n) is 8.04. The average Bonchev–Trinajstić information content (AvgIpc) is 3.24. The molecule has 116 valence electrons. The van der Waals surface area contributed by atoms with Crippen LogP contribution < -0.4 is 10.6 Å². The minimum Gasteiger partial charge on any atom is -0.389 e. The van der Waals surface area contributed by atoms with E-state index < -0.39 is 6.10 Å². The van der Waals surface area contributed by atoms with Crippen molar-refractivity contribution in [1.82, 2.24) is 10.6 Å². The maximum Gasteiger partial charge on any atom is 0.315 e. The van der Waals surface area contributed by atoms with Crippen LogP contribution in [0.3, 0.4) is 0 Å². The van der Waals surface area contributed by atoms with Gasteiger partial charge in [-0.2, -0.15) is 0 Å². The predicted octanol–water partition coefficient (Wildman–Crippen LogP) is 1.80. The van der Waals surface area contributed by atoms with Gasteiger partial charge in [0.1, 0.15) is 0 Å². The molecule has 2 aliphatic carbocycles. The Bertz CT molecular complexity index is 287. The molecule has 2 aliphatic rings. The minimum absolute atomic E-state index is 0.168. The highest BCUT2D eigenvalue weighted by atomic mass is 16.5. The van der Waals surface area contributed by atoms with E-state index in [0.717, 1.165) is 19.4 Å². The molecule has 0 aromatic heterocycles. The molecule has 0 spiro atoms. The summed E-state index contributed by atoms with van der Waals surface area (Å²) in [6, 6.07) is 0.124. The summed E-state index contributed by atoms with van der Waals surface area (Å²) >= 11 is 0. The second-order valence-electron chi connectivity index (χ2n) is 6.18. The molecule has 2 saturated carbocycles. The quantitative estimate of drug-likeness (QED) is 0.624. The Morgan fingerprint density at radius 3 is 2.50 bits per heavy atom. The highest BCUT2D eigenvalue weighted by Gasteiger charge is 2.21. The highest BCUT2D eigenvalue weighted by Crippen LogP contribution is 2.28. The van der Waals surface area contributed by atoms with E-state index in [1.165, 1.54) is 38.5 Å². The molecule has 0 heterocycles. The van der Waals surface area contributed by atoms with Crippen LogP contribution in [0.25, 0.3) is 0 Å². The molecule has 0 bridgehead atoms. The van der Waals surface area contributed by atoms with Crippen molar-refractivity contribution in [2.45, 2.75) is 63.5 Å². The molecule has 2 fully saturated rings. The number of ether oxygens (including phenoxy) is 1. The number of urea groups is 1. The van der Waals surface area contributed by atoms with E-state index in [1.54, 1.807) is 0 Å². The Balaban J connectivity index is 1.51. The zero-order chi connectivity index (χ0) is 14.2. The predicted molar refractivity (Wildman–Crippen MR) is 77.6 cm³/mol. The molecule has 1 atom stereocenters. The summed E-state index contributed by atoms with van der Waals surface area (Å²) in [6.07, 6.45) is 8.96. The van der Waals surface area contributed by atoms with Crippen LogP contribution in [0.15, 0.2) is 0 Å². The largest absolute Gasteiger partial charge is 0.389 e. The summed E-state index contributed by atoms with van der Waals surface area (Å²) in [5, 5.41) is 15.4. The maximum absolute atomic E-state index is 11.7. The summed E-state index contributed by atoms with van der Waals surface area (Å²) < 4.78 is 5.40. The first-order chi connectivity index (χ1) is 9.74.